The number of carbonyl (C=O) groups excluding carboxylic acids is 3. The van der Waals surface area contributed by atoms with Gasteiger partial charge in [-0.3, -0.25) is 14.5 Å². The number of amides is 2. The standard InChI is InChI=1S/C22H22N2O6/c25-20-12-24(19-6-2-1-5-18(19)23-20)21(26)14-30-22(27)15-7-9-16(10-8-15)29-13-17-4-3-11-28-17/h1-2,5-10,17H,3-4,11-14H2,(H,23,25). The van der Waals surface area contributed by atoms with Gasteiger partial charge in [0, 0.05) is 6.61 Å². The zero-order valence-electron chi connectivity index (χ0n) is 16.3. The van der Waals surface area contributed by atoms with Crippen molar-refractivity contribution in [3.63, 3.8) is 0 Å². The second kappa shape index (κ2) is 8.96. The summed E-state index contributed by atoms with van der Waals surface area (Å²) >= 11 is 0. The van der Waals surface area contributed by atoms with Gasteiger partial charge in [0.05, 0.1) is 23.0 Å². The normalized spacial score (nSPS) is 17.8. The van der Waals surface area contributed by atoms with Crippen LogP contribution in [-0.2, 0) is 19.1 Å². The van der Waals surface area contributed by atoms with Crippen LogP contribution in [0.3, 0.4) is 0 Å². The van der Waals surface area contributed by atoms with Crippen LogP contribution in [0.2, 0.25) is 0 Å². The number of hydrogen-bond acceptors (Lipinski definition) is 6. The molecule has 1 N–H and O–H groups in total. The number of esters is 1. The molecule has 4 rings (SSSR count). The maximum Gasteiger partial charge on any atom is 0.338 e. The highest BCUT2D eigenvalue weighted by atomic mass is 16.5. The van der Waals surface area contributed by atoms with Gasteiger partial charge in [0.15, 0.2) is 6.61 Å². The van der Waals surface area contributed by atoms with E-state index in [0.717, 1.165) is 19.4 Å². The number of para-hydroxylation sites is 2. The third kappa shape index (κ3) is 4.60. The van der Waals surface area contributed by atoms with E-state index >= 15 is 0 Å². The van der Waals surface area contributed by atoms with Crippen LogP contribution in [0.15, 0.2) is 48.5 Å². The molecule has 2 heterocycles. The summed E-state index contributed by atoms with van der Waals surface area (Å²) in [6.07, 6.45) is 2.15. The van der Waals surface area contributed by atoms with Crippen molar-refractivity contribution in [3.8, 4) is 5.75 Å². The fraction of sp³-hybridized carbons (Fsp3) is 0.318. The quantitative estimate of drug-likeness (QED) is 0.735. The smallest absolute Gasteiger partial charge is 0.338 e. The van der Waals surface area contributed by atoms with E-state index in [1.807, 2.05) is 0 Å². The van der Waals surface area contributed by atoms with Crippen LogP contribution in [0.4, 0.5) is 11.4 Å². The minimum Gasteiger partial charge on any atom is -0.491 e. The lowest BCUT2D eigenvalue weighted by molar-refractivity contribution is -0.124. The first-order chi connectivity index (χ1) is 14.6. The summed E-state index contributed by atoms with van der Waals surface area (Å²) in [5.74, 6) is -0.757. The predicted octanol–water partition coefficient (Wildman–Crippen LogP) is 2.39. The number of fused-ring (bicyclic) bond motifs is 1. The fourth-order valence-electron chi connectivity index (χ4n) is 3.40. The van der Waals surface area contributed by atoms with E-state index in [0.29, 0.717) is 29.3 Å². The highest BCUT2D eigenvalue weighted by Gasteiger charge is 2.27. The van der Waals surface area contributed by atoms with E-state index in [1.54, 1.807) is 48.5 Å². The van der Waals surface area contributed by atoms with Crippen molar-refractivity contribution in [3.05, 3.63) is 54.1 Å². The van der Waals surface area contributed by atoms with Crippen molar-refractivity contribution in [1.29, 1.82) is 0 Å². The highest BCUT2D eigenvalue weighted by Crippen LogP contribution is 2.28. The molecule has 1 fully saturated rings. The maximum atomic E-state index is 12.5. The molecule has 30 heavy (non-hydrogen) atoms. The van der Waals surface area contributed by atoms with E-state index in [1.165, 1.54) is 4.90 Å². The Hall–Kier alpha value is -3.39. The summed E-state index contributed by atoms with van der Waals surface area (Å²) in [5, 5.41) is 2.71. The third-order valence-electron chi connectivity index (χ3n) is 4.95. The molecule has 2 aliphatic rings. The number of anilines is 2. The SMILES string of the molecule is O=C1CN(C(=O)COC(=O)c2ccc(OCC3CCCO3)cc2)c2ccccc2N1. The number of ether oxygens (including phenoxy) is 3. The summed E-state index contributed by atoms with van der Waals surface area (Å²) in [6.45, 7) is 0.663. The van der Waals surface area contributed by atoms with Gasteiger partial charge in [0.1, 0.15) is 18.9 Å². The third-order valence-corrected chi connectivity index (χ3v) is 4.95. The molecule has 0 saturated carbocycles. The second-order valence-electron chi connectivity index (χ2n) is 7.09. The number of hydrogen-bond donors (Lipinski definition) is 1. The van der Waals surface area contributed by atoms with Gasteiger partial charge in [0.2, 0.25) is 5.91 Å². The van der Waals surface area contributed by atoms with E-state index in [2.05, 4.69) is 5.32 Å². The lowest BCUT2D eigenvalue weighted by Crippen LogP contribution is -2.44. The molecule has 2 aromatic carbocycles. The molecule has 1 atom stereocenters. The summed E-state index contributed by atoms with van der Waals surface area (Å²) < 4.78 is 16.3. The molecular weight excluding hydrogens is 388 g/mol. The molecule has 0 aliphatic carbocycles. The van der Waals surface area contributed by atoms with Crippen LogP contribution in [0.1, 0.15) is 23.2 Å². The predicted molar refractivity (Wildman–Crippen MR) is 109 cm³/mol. The Balaban J connectivity index is 1.31. The molecule has 1 saturated heterocycles. The van der Waals surface area contributed by atoms with Gasteiger partial charge in [-0.1, -0.05) is 12.1 Å². The Labute approximate surface area is 173 Å². The van der Waals surface area contributed by atoms with Gasteiger partial charge in [0.25, 0.3) is 5.91 Å². The Kier molecular flexibility index (Phi) is 5.94. The number of nitrogens with one attached hydrogen (secondary N) is 1. The monoisotopic (exact) mass is 410 g/mol. The van der Waals surface area contributed by atoms with Crippen LogP contribution < -0.4 is 15.0 Å². The number of benzene rings is 2. The minimum absolute atomic E-state index is 0.114. The fourth-order valence-corrected chi connectivity index (χ4v) is 3.40. The first-order valence-electron chi connectivity index (χ1n) is 9.81. The Morgan fingerprint density at radius 2 is 1.93 bits per heavy atom. The average Bonchev–Trinajstić information content (AvgIpc) is 3.29. The summed E-state index contributed by atoms with van der Waals surface area (Å²) in [6, 6.07) is 13.5. The number of nitrogens with zero attached hydrogens (tertiary/aromatic N) is 1. The first kappa shape index (κ1) is 19.9. The van der Waals surface area contributed by atoms with E-state index in [-0.39, 0.29) is 18.6 Å². The van der Waals surface area contributed by atoms with Gasteiger partial charge in [-0.15, -0.1) is 0 Å². The van der Waals surface area contributed by atoms with Gasteiger partial charge < -0.3 is 19.5 Å². The van der Waals surface area contributed by atoms with Gasteiger partial charge in [-0.25, -0.2) is 4.79 Å². The van der Waals surface area contributed by atoms with Crippen molar-refractivity contribution in [2.75, 3.05) is 36.6 Å². The van der Waals surface area contributed by atoms with Crippen LogP contribution >= 0.6 is 0 Å². The van der Waals surface area contributed by atoms with E-state index in [9.17, 15) is 14.4 Å². The molecule has 0 bridgehead atoms. The molecule has 8 nitrogen and oxygen atoms in total. The van der Waals surface area contributed by atoms with Gasteiger partial charge >= 0.3 is 5.97 Å². The van der Waals surface area contributed by atoms with Crippen LogP contribution in [0.5, 0.6) is 5.75 Å². The average molecular weight is 410 g/mol. The minimum atomic E-state index is -0.622. The van der Waals surface area contributed by atoms with E-state index in [4.69, 9.17) is 14.2 Å². The Morgan fingerprint density at radius 1 is 1.13 bits per heavy atom. The van der Waals surface area contributed by atoms with Crippen molar-refractivity contribution in [2.45, 2.75) is 18.9 Å². The molecule has 0 radical (unpaired) electrons. The first-order valence-corrected chi connectivity index (χ1v) is 9.81. The molecule has 2 aliphatic heterocycles. The molecule has 2 amide bonds. The molecule has 8 heteroatoms. The van der Waals surface area contributed by atoms with Crippen molar-refractivity contribution in [1.82, 2.24) is 0 Å². The van der Waals surface area contributed by atoms with Crippen molar-refractivity contribution in [2.24, 2.45) is 0 Å². The lowest BCUT2D eigenvalue weighted by Gasteiger charge is -2.28. The van der Waals surface area contributed by atoms with Crippen LogP contribution in [0.25, 0.3) is 0 Å². The van der Waals surface area contributed by atoms with Crippen LogP contribution in [-0.4, -0.2) is 50.3 Å². The molecule has 0 aromatic heterocycles. The second-order valence-corrected chi connectivity index (χ2v) is 7.09. The largest absolute Gasteiger partial charge is 0.491 e. The summed E-state index contributed by atoms with van der Waals surface area (Å²) in [7, 11) is 0. The number of rotatable bonds is 6. The van der Waals surface area contributed by atoms with Crippen molar-refractivity contribution < 1.29 is 28.6 Å². The Bertz CT molecular complexity index is 937. The molecule has 0 spiro atoms. The molecule has 1 unspecified atom stereocenters. The summed E-state index contributed by atoms with van der Waals surface area (Å²) in [5.41, 5.74) is 1.43. The lowest BCUT2D eigenvalue weighted by atomic mass is 10.2. The van der Waals surface area contributed by atoms with Gasteiger partial charge in [-0.05, 0) is 49.2 Å². The zero-order chi connectivity index (χ0) is 20.9. The topological polar surface area (TPSA) is 94.2 Å². The van der Waals surface area contributed by atoms with Gasteiger partial charge in [-0.2, -0.15) is 0 Å². The molecule has 156 valence electrons. The highest BCUT2D eigenvalue weighted by molar-refractivity contribution is 6.10. The zero-order valence-corrected chi connectivity index (χ0v) is 16.3. The molecule has 2 aromatic rings. The van der Waals surface area contributed by atoms with Crippen LogP contribution in [0, 0.1) is 0 Å². The Morgan fingerprint density at radius 3 is 2.70 bits per heavy atom. The van der Waals surface area contributed by atoms with E-state index < -0.39 is 18.5 Å². The van der Waals surface area contributed by atoms with Crippen molar-refractivity contribution >= 4 is 29.2 Å². The summed E-state index contributed by atoms with van der Waals surface area (Å²) in [4.78, 5) is 38.0. The number of carbonyl (C=O) groups is 3. The molecular formula is C22H22N2O6. The maximum absolute atomic E-state index is 12.5.